The molecule has 1 rings (SSSR count). The van der Waals surface area contributed by atoms with Gasteiger partial charge in [-0.15, -0.1) is 5.10 Å². The first-order chi connectivity index (χ1) is 6.59. The Morgan fingerprint density at radius 2 is 2.21 bits per heavy atom. The van der Waals surface area contributed by atoms with Crippen LogP contribution in [0.4, 0.5) is 0 Å². The SMILES string of the molecule is CC(C)C(Br)CCCc1cn(C)nn1. The van der Waals surface area contributed by atoms with Crippen molar-refractivity contribution >= 4 is 15.9 Å². The zero-order valence-corrected chi connectivity index (χ0v) is 10.7. The molecule has 0 saturated heterocycles. The molecule has 0 bridgehead atoms. The van der Waals surface area contributed by atoms with Gasteiger partial charge >= 0.3 is 0 Å². The van der Waals surface area contributed by atoms with Gasteiger partial charge in [0.1, 0.15) is 0 Å². The van der Waals surface area contributed by atoms with E-state index in [0.717, 1.165) is 12.1 Å². The van der Waals surface area contributed by atoms with Crippen LogP contribution in [-0.2, 0) is 13.5 Å². The number of hydrogen-bond acceptors (Lipinski definition) is 2. The molecule has 3 nitrogen and oxygen atoms in total. The van der Waals surface area contributed by atoms with E-state index >= 15 is 0 Å². The number of halogens is 1. The van der Waals surface area contributed by atoms with Gasteiger partial charge in [0, 0.05) is 18.1 Å². The van der Waals surface area contributed by atoms with Crippen LogP contribution in [0, 0.1) is 5.92 Å². The van der Waals surface area contributed by atoms with Crippen LogP contribution in [0.2, 0.25) is 0 Å². The summed E-state index contributed by atoms with van der Waals surface area (Å²) in [6, 6.07) is 0. The van der Waals surface area contributed by atoms with Gasteiger partial charge in [-0.3, -0.25) is 4.68 Å². The van der Waals surface area contributed by atoms with Crippen LogP contribution in [0.5, 0.6) is 0 Å². The summed E-state index contributed by atoms with van der Waals surface area (Å²) in [6.45, 7) is 4.48. The van der Waals surface area contributed by atoms with Gasteiger partial charge in [0.05, 0.1) is 5.69 Å². The van der Waals surface area contributed by atoms with Gasteiger partial charge in [-0.05, 0) is 25.2 Å². The monoisotopic (exact) mass is 259 g/mol. The Bertz CT molecular complexity index is 270. The lowest BCUT2D eigenvalue weighted by Gasteiger charge is -2.12. The number of rotatable bonds is 5. The van der Waals surface area contributed by atoms with Crippen molar-refractivity contribution in [2.45, 2.75) is 37.9 Å². The Hall–Kier alpha value is -0.380. The van der Waals surface area contributed by atoms with Gasteiger partial charge in [0.2, 0.25) is 0 Å². The Morgan fingerprint density at radius 3 is 2.71 bits per heavy atom. The van der Waals surface area contributed by atoms with Crippen LogP contribution >= 0.6 is 15.9 Å². The second kappa shape index (κ2) is 5.49. The number of aryl methyl sites for hydroxylation is 2. The molecule has 4 heteroatoms. The van der Waals surface area contributed by atoms with Gasteiger partial charge in [-0.1, -0.05) is 35.0 Å². The number of nitrogens with zero attached hydrogens (tertiary/aromatic N) is 3. The molecule has 1 aromatic rings. The maximum absolute atomic E-state index is 4.06. The van der Waals surface area contributed by atoms with E-state index in [1.54, 1.807) is 4.68 Å². The topological polar surface area (TPSA) is 30.7 Å². The molecule has 1 unspecified atom stereocenters. The molecule has 0 aromatic carbocycles. The minimum Gasteiger partial charge on any atom is -0.255 e. The summed E-state index contributed by atoms with van der Waals surface area (Å²) in [6.07, 6.45) is 5.39. The van der Waals surface area contributed by atoms with Gasteiger partial charge < -0.3 is 0 Å². The summed E-state index contributed by atoms with van der Waals surface area (Å²) in [5.41, 5.74) is 1.09. The van der Waals surface area contributed by atoms with Crippen LogP contribution in [0.3, 0.4) is 0 Å². The highest BCUT2D eigenvalue weighted by atomic mass is 79.9. The molecule has 0 amide bonds. The van der Waals surface area contributed by atoms with Crippen LogP contribution in [0.15, 0.2) is 6.20 Å². The summed E-state index contributed by atoms with van der Waals surface area (Å²) in [4.78, 5) is 0.624. The molecule has 0 radical (unpaired) electrons. The molecule has 80 valence electrons. The van der Waals surface area contributed by atoms with Gasteiger partial charge in [-0.25, -0.2) is 0 Å². The van der Waals surface area contributed by atoms with Gasteiger partial charge in [0.15, 0.2) is 0 Å². The van der Waals surface area contributed by atoms with E-state index in [-0.39, 0.29) is 0 Å². The Balaban J connectivity index is 2.22. The first-order valence-electron chi connectivity index (χ1n) is 5.09. The first kappa shape index (κ1) is 11.7. The van der Waals surface area contributed by atoms with E-state index in [9.17, 15) is 0 Å². The van der Waals surface area contributed by atoms with E-state index in [4.69, 9.17) is 0 Å². The zero-order chi connectivity index (χ0) is 10.6. The summed E-state index contributed by atoms with van der Waals surface area (Å²) in [5, 5.41) is 7.96. The molecule has 0 aliphatic rings. The van der Waals surface area contributed by atoms with Crippen LogP contribution in [-0.4, -0.2) is 19.8 Å². The maximum atomic E-state index is 4.06. The average molecular weight is 260 g/mol. The fraction of sp³-hybridized carbons (Fsp3) is 0.800. The van der Waals surface area contributed by atoms with Crippen molar-refractivity contribution in [3.05, 3.63) is 11.9 Å². The minimum atomic E-state index is 0.624. The standard InChI is InChI=1S/C10H18BrN3/c1-8(2)10(11)6-4-5-9-7-14(3)13-12-9/h7-8,10H,4-6H2,1-3H3. The molecule has 0 aliphatic heterocycles. The zero-order valence-electron chi connectivity index (χ0n) is 9.07. The van der Waals surface area contributed by atoms with Crippen molar-refractivity contribution in [1.29, 1.82) is 0 Å². The molecule has 0 fully saturated rings. The van der Waals surface area contributed by atoms with E-state index in [1.807, 2.05) is 13.2 Å². The predicted octanol–water partition coefficient (Wildman–Crippen LogP) is 2.56. The third kappa shape index (κ3) is 3.78. The molecule has 0 aliphatic carbocycles. The van der Waals surface area contributed by atoms with E-state index in [2.05, 4.69) is 40.1 Å². The minimum absolute atomic E-state index is 0.624. The molecule has 1 atom stereocenters. The largest absolute Gasteiger partial charge is 0.255 e. The van der Waals surface area contributed by atoms with Crippen molar-refractivity contribution in [1.82, 2.24) is 15.0 Å². The van der Waals surface area contributed by atoms with Crippen molar-refractivity contribution in [2.24, 2.45) is 13.0 Å². The molecule has 14 heavy (non-hydrogen) atoms. The third-order valence-corrected chi connectivity index (χ3v) is 3.80. The molecular formula is C10H18BrN3. The first-order valence-corrected chi connectivity index (χ1v) is 6.00. The predicted molar refractivity (Wildman–Crippen MR) is 61.5 cm³/mol. The third-order valence-electron chi connectivity index (χ3n) is 2.29. The maximum Gasteiger partial charge on any atom is 0.0827 e. The molecule has 0 N–H and O–H groups in total. The molecule has 1 heterocycles. The summed E-state index contributed by atoms with van der Waals surface area (Å²) in [5.74, 6) is 0.705. The lowest BCUT2D eigenvalue weighted by molar-refractivity contribution is 0.560. The summed E-state index contributed by atoms with van der Waals surface area (Å²) in [7, 11) is 1.90. The Morgan fingerprint density at radius 1 is 1.50 bits per heavy atom. The highest BCUT2D eigenvalue weighted by molar-refractivity contribution is 9.09. The van der Waals surface area contributed by atoms with Crippen LogP contribution < -0.4 is 0 Å². The summed E-state index contributed by atoms with van der Waals surface area (Å²) >= 11 is 3.68. The highest BCUT2D eigenvalue weighted by Crippen LogP contribution is 2.18. The van der Waals surface area contributed by atoms with Crippen molar-refractivity contribution < 1.29 is 0 Å². The lowest BCUT2D eigenvalue weighted by Crippen LogP contribution is -2.07. The van der Waals surface area contributed by atoms with E-state index in [1.165, 1.54) is 12.8 Å². The quantitative estimate of drug-likeness (QED) is 0.762. The average Bonchev–Trinajstić information content (AvgIpc) is 2.51. The van der Waals surface area contributed by atoms with Crippen LogP contribution in [0.1, 0.15) is 32.4 Å². The molecule has 1 aromatic heterocycles. The van der Waals surface area contributed by atoms with Crippen molar-refractivity contribution in [2.75, 3.05) is 0 Å². The van der Waals surface area contributed by atoms with Crippen molar-refractivity contribution in [3.63, 3.8) is 0 Å². The number of hydrogen-bond donors (Lipinski definition) is 0. The smallest absolute Gasteiger partial charge is 0.0827 e. The Kier molecular flexibility index (Phi) is 4.58. The normalized spacial score (nSPS) is 13.5. The molecule has 0 spiro atoms. The van der Waals surface area contributed by atoms with Crippen molar-refractivity contribution in [3.8, 4) is 0 Å². The number of aromatic nitrogens is 3. The van der Waals surface area contributed by atoms with Gasteiger partial charge in [-0.2, -0.15) is 0 Å². The molecular weight excluding hydrogens is 242 g/mol. The lowest BCUT2D eigenvalue weighted by atomic mass is 10.0. The highest BCUT2D eigenvalue weighted by Gasteiger charge is 2.08. The Labute approximate surface area is 94.0 Å². The second-order valence-corrected chi connectivity index (χ2v) is 5.21. The van der Waals surface area contributed by atoms with Crippen LogP contribution in [0.25, 0.3) is 0 Å². The fourth-order valence-electron chi connectivity index (χ4n) is 1.32. The number of alkyl halides is 1. The molecule has 0 saturated carbocycles. The second-order valence-electron chi connectivity index (χ2n) is 4.04. The van der Waals surface area contributed by atoms with E-state index < -0.39 is 0 Å². The summed E-state index contributed by atoms with van der Waals surface area (Å²) < 4.78 is 1.75. The van der Waals surface area contributed by atoms with E-state index in [0.29, 0.717) is 10.7 Å². The fourth-order valence-corrected chi connectivity index (χ4v) is 1.65. The van der Waals surface area contributed by atoms with Gasteiger partial charge in [0.25, 0.3) is 0 Å².